The quantitative estimate of drug-likeness (QED) is 0.581. The van der Waals surface area contributed by atoms with Crippen LogP contribution in [0.15, 0.2) is 0 Å². The van der Waals surface area contributed by atoms with Crippen LogP contribution in [-0.4, -0.2) is 43.4 Å². The molecule has 16 heavy (non-hydrogen) atoms. The molecule has 1 aliphatic carbocycles. The third kappa shape index (κ3) is 4.47. The number of carbonyl (C=O) groups excluding carboxylic acids is 1. The number of amides is 1. The predicted molar refractivity (Wildman–Crippen MR) is 60.8 cm³/mol. The van der Waals surface area contributed by atoms with E-state index in [1.165, 1.54) is 0 Å². The minimum atomic E-state index is -0.494. The smallest absolute Gasteiger partial charge is 0.237 e. The van der Waals surface area contributed by atoms with Crippen molar-refractivity contribution in [3.63, 3.8) is 0 Å². The van der Waals surface area contributed by atoms with E-state index in [0.29, 0.717) is 25.5 Å². The molecule has 0 radical (unpaired) electrons. The van der Waals surface area contributed by atoms with Crippen LogP contribution in [0, 0.1) is 5.92 Å². The third-order valence-corrected chi connectivity index (χ3v) is 3.05. The zero-order valence-corrected chi connectivity index (χ0v) is 9.82. The fourth-order valence-electron chi connectivity index (χ4n) is 1.99. The summed E-state index contributed by atoms with van der Waals surface area (Å²) in [4.78, 5) is 11.5. The summed E-state index contributed by atoms with van der Waals surface area (Å²) < 4.78 is 4.86. The summed E-state index contributed by atoms with van der Waals surface area (Å²) in [5.74, 6) is 0.270. The fourth-order valence-corrected chi connectivity index (χ4v) is 1.99. The Morgan fingerprint density at radius 3 is 2.94 bits per heavy atom. The number of aliphatic hydroxyl groups excluding tert-OH is 1. The van der Waals surface area contributed by atoms with Gasteiger partial charge in [-0.2, -0.15) is 0 Å². The van der Waals surface area contributed by atoms with Gasteiger partial charge in [0.05, 0.1) is 12.1 Å². The van der Waals surface area contributed by atoms with Crippen molar-refractivity contribution in [3.8, 4) is 0 Å². The van der Waals surface area contributed by atoms with E-state index in [9.17, 15) is 9.90 Å². The molecule has 5 heteroatoms. The van der Waals surface area contributed by atoms with Gasteiger partial charge in [-0.3, -0.25) is 4.79 Å². The molecule has 0 saturated heterocycles. The lowest BCUT2D eigenvalue weighted by molar-refractivity contribution is -0.122. The van der Waals surface area contributed by atoms with Crippen LogP contribution in [0.25, 0.3) is 0 Å². The monoisotopic (exact) mass is 230 g/mol. The van der Waals surface area contributed by atoms with E-state index < -0.39 is 6.04 Å². The number of nitrogens with two attached hydrogens (primary N) is 1. The van der Waals surface area contributed by atoms with Crippen LogP contribution >= 0.6 is 0 Å². The summed E-state index contributed by atoms with van der Waals surface area (Å²) in [7, 11) is 1.59. The van der Waals surface area contributed by atoms with Crippen LogP contribution in [0.3, 0.4) is 0 Å². The molecule has 0 aliphatic heterocycles. The van der Waals surface area contributed by atoms with Crippen molar-refractivity contribution >= 4 is 5.91 Å². The Kier molecular flexibility index (Phi) is 5.73. The number of rotatable bonds is 6. The van der Waals surface area contributed by atoms with E-state index >= 15 is 0 Å². The lowest BCUT2D eigenvalue weighted by Gasteiger charge is -2.14. The van der Waals surface area contributed by atoms with Crippen molar-refractivity contribution in [2.24, 2.45) is 11.7 Å². The Labute approximate surface area is 96.3 Å². The van der Waals surface area contributed by atoms with Crippen LogP contribution in [-0.2, 0) is 9.53 Å². The van der Waals surface area contributed by atoms with Gasteiger partial charge in [0.25, 0.3) is 0 Å². The number of hydrogen-bond donors (Lipinski definition) is 3. The second kappa shape index (κ2) is 6.83. The maximum absolute atomic E-state index is 11.5. The normalized spacial score (nSPS) is 26.7. The molecule has 1 fully saturated rings. The molecule has 0 aromatic rings. The van der Waals surface area contributed by atoms with Crippen LogP contribution < -0.4 is 11.1 Å². The lowest BCUT2D eigenvalue weighted by atomic mass is 10.1. The van der Waals surface area contributed by atoms with E-state index in [1.807, 2.05) is 0 Å². The molecule has 0 bridgehead atoms. The molecule has 3 atom stereocenters. The zero-order chi connectivity index (χ0) is 12.0. The lowest BCUT2D eigenvalue weighted by Crippen LogP contribution is -2.42. The molecule has 5 nitrogen and oxygen atoms in total. The van der Waals surface area contributed by atoms with Crippen molar-refractivity contribution in [2.75, 3.05) is 20.3 Å². The Morgan fingerprint density at radius 1 is 1.62 bits per heavy atom. The highest BCUT2D eigenvalue weighted by atomic mass is 16.5. The Morgan fingerprint density at radius 2 is 2.38 bits per heavy atom. The van der Waals surface area contributed by atoms with Gasteiger partial charge >= 0.3 is 0 Å². The summed E-state index contributed by atoms with van der Waals surface area (Å²) in [6, 6.07) is -0.494. The summed E-state index contributed by atoms with van der Waals surface area (Å²) in [5.41, 5.74) is 5.67. The van der Waals surface area contributed by atoms with Crippen molar-refractivity contribution in [1.82, 2.24) is 5.32 Å². The van der Waals surface area contributed by atoms with Gasteiger partial charge in [0, 0.05) is 20.3 Å². The van der Waals surface area contributed by atoms with E-state index in [1.54, 1.807) is 7.11 Å². The van der Waals surface area contributed by atoms with Gasteiger partial charge in [0.1, 0.15) is 0 Å². The van der Waals surface area contributed by atoms with E-state index in [4.69, 9.17) is 10.5 Å². The number of hydrogen-bond acceptors (Lipinski definition) is 4. The number of methoxy groups -OCH3 is 1. The second-order valence-electron chi connectivity index (χ2n) is 4.47. The first-order valence-corrected chi connectivity index (χ1v) is 5.83. The van der Waals surface area contributed by atoms with Gasteiger partial charge in [0.2, 0.25) is 5.91 Å². The van der Waals surface area contributed by atoms with Crippen molar-refractivity contribution in [3.05, 3.63) is 0 Å². The highest BCUT2D eigenvalue weighted by Gasteiger charge is 2.23. The first-order chi connectivity index (χ1) is 7.63. The minimum Gasteiger partial charge on any atom is -0.393 e. The van der Waals surface area contributed by atoms with Crippen LogP contribution in [0.5, 0.6) is 0 Å². The molecule has 0 spiro atoms. The van der Waals surface area contributed by atoms with Gasteiger partial charge in [-0.05, 0) is 31.6 Å². The molecule has 1 aliphatic rings. The average Bonchev–Trinajstić information content (AvgIpc) is 2.68. The van der Waals surface area contributed by atoms with Crippen LogP contribution in [0.2, 0.25) is 0 Å². The third-order valence-electron chi connectivity index (χ3n) is 3.05. The largest absolute Gasteiger partial charge is 0.393 e. The maximum atomic E-state index is 11.5. The number of carbonyl (C=O) groups is 1. The molecule has 1 amide bonds. The molecule has 0 aromatic heterocycles. The molecular weight excluding hydrogens is 208 g/mol. The minimum absolute atomic E-state index is 0.126. The molecule has 0 aromatic carbocycles. The summed E-state index contributed by atoms with van der Waals surface area (Å²) in [5, 5.41) is 12.2. The molecular formula is C11H22N2O3. The number of nitrogens with one attached hydrogen (secondary N) is 1. The van der Waals surface area contributed by atoms with Crippen molar-refractivity contribution in [2.45, 2.75) is 37.8 Å². The summed E-state index contributed by atoms with van der Waals surface area (Å²) in [6.07, 6.45) is 2.96. The van der Waals surface area contributed by atoms with Gasteiger partial charge in [-0.1, -0.05) is 0 Å². The van der Waals surface area contributed by atoms with Gasteiger partial charge in [-0.15, -0.1) is 0 Å². The van der Waals surface area contributed by atoms with Crippen molar-refractivity contribution < 1.29 is 14.6 Å². The topological polar surface area (TPSA) is 84.6 Å². The molecule has 4 N–H and O–H groups in total. The predicted octanol–water partition coefficient (Wildman–Crippen LogP) is -0.373. The van der Waals surface area contributed by atoms with E-state index in [-0.39, 0.29) is 12.0 Å². The Hall–Kier alpha value is -0.650. The highest BCUT2D eigenvalue weighted by Crippen LogP contribution is 2.24. The SMILES string of the molecule is COCCC(N)C(=O)NCC1CCC(O)C1. The number of aliphatic hydroxyl groups is 1. The summed E-state index contributed by atoms with van der Waals surface area (Å²) in [6.45, 7) is 1.12. The van der Waals surface area contributed by atoms with E-state index in [2.05, 4.69) is 5.32 Å². The molecule has 94 valence electrons. The summed E-state index contributed by atoms with van der Waals surface area (Å²) >= 11 is 0. The average molecular weight is 230 g/mol. The standard InChI is InChI=1S/C11H22N2O3/c1-16-5-4-10(12)11(15)13-7-8-2-3-9(14)6-8/h8-10,14H,2-7,12H2,1H3,(H,13,15). The van der Waals surface area contributed by atoms with E-state index in [0.717, 1.165) is 19.3 Å². The zero-order valence-electron chi connectivity index (χ0n) is 9.82. The first kappa shape index (κ1) is 13.4. The second-order valence-corrected chi connectivity index (χ2v) is 4.47. The van der Waals surface area contributed by atoms with Gasteiger partial charge in [-0.25, -0.2) is 0 Å². The van der Waals surface area contributed by atoms with Crippen LogP contribution in [0.1, 0.15) is 25.7 Å². The molecule has 1 rings (SSSR count). The highest BCUT2D eigenvalue weighted by molar-refractivity contribution is 5.81. The fraction of sp³-hybridized carbons (Fsp3) is 0.909. The van der Waals surface area contributed by atoms with Crippen LogP contribution in [0.4, 0.5) is 0 Å². The van der Waals surface area contributed by atoms with Gasteiger partial charge < -0.3 is 20.9 Å². The van der Waals surface area contributed by atoms with Gasteiger partial charge in [0.15, 0.2) is 0 Å². The maximum Gasteiger partial charge on any atom is 0.237 e. The molecule has 0 heterocycles. The number of ether oxygens (including phenoxy) is 1. The molecule has 1 saturated carbocycles. The Balaban J connectivity index is 2.14. The first-order valence-electron chi connectivity index (χ1n) is 5.83. The Bertz CT molecular complexity index is 223. The van der Waals surface area contributed by atoms with Crippen molar-refractivity contribution in [1.29, 1.82) is 0 Å². The molecule has 3 unspecified atom stereocenters.